The molecule has 0 aromatic carbocycles. The Hall–Kier alpha value is -0.0800. The van der Waals surface area contributed by atoms with E-state index in [1.54, 1.807) is 0 Å². The molecule has 1 N–H and O–H groups in total. The van der Waals surface area contributed by atoms with Crippen molar-refractivity contribution < 1.29 is 0 Å². The molecule has 2 nitrogen and oxygen atoms in total. The average molecular weight is 210 g/mol. The molecule has 0 aromatic heterocycles. The van der Waals surface area contributed by atoms with E-state index in [-0.39, 0.29) is 0 Å². The number of nitrogens with zero attached hydrogens (tertiary/aromatic N) is 1. The van der Waals surface area contributed by atoms with E-state index in [2.05, 4.69) is 31.0 Å². The molecular weight excluding hydrogens is 184 g/mol. The van der Waals surface area contributed by atoms with Crippen molar-refractivity contribution >= 4 is 0 Å². The summed E-state index contributed by atoms with van der Waals surface area (Å²) >= 11 is 0. The Morgan fingerprint density at radius 3 is 2.47 bits per heavy atom. The Bertz CT molecular complexity index is 199. The molecule has 2 heteroatoms. The largest absolute Gasteiger partial charge is 0.312 e. The molecule has 0 amide bonds. The molecule has 1 saturated heterocycles. The van der Waals surface area contributed by atoms with E-state index in [0.717, 1.165) is 18.0 Å². The maximum atomic E-state index is 3.65. The second-order valence-corrected chi connectivity index (χ2v) is 5.82. The molecule has 2 unspecified atom stereocenters. The van der Waals surface area contributed by atoms with Crippen LogP contribution >= 0.6 is 0 Å². The van der Waals surface area contributed by atoms with Crippen molar-refractivity contribution in [1.82, 2.24) is 10.2 Å². The fraction of sp³-hybridized carbons (Fsp3) is 1.00. The van der Waals surface area contributed by atoms with Crippen molar-refractivity contribution in [2.45, 2.75) is 64.6 Å². The van der Waals surface area contributed by atoms with Gasteiger partial charge in [0.05, 0.1) is 0 Å². The number of rotatable bonds is 4. The Morgan fingerprint density at radius 2 is 2.07 bits per heavy atom. The summed E-state index contributed by atoms with van der Waals surface area (Å²) in [4.78, 5) is 2.72. The summed E-state index contributed by atoms with van der Waals surface area (Å²) in [5.41, 5.74) is 0. The lowest BCUT2D eigenvalue weighted by atomic mass is 9.90. The molecular formula is C13H26N2. The molecule has 2 fully saturated rings. The van der Waals surface area contributed by atoms with Gasteiger partial charge in [-0.3, -0.25) is 4.90 Å². The zero-order chi connectivity index (χ0) is 10.8. The molecule has 1 aliphatic carbocycles. The smallest absolute Gasteiger partial charge is 0.0198 e. The van der Waals surface area contributed by atoms with E-state index in [1.165, 1.54) is 38.8 Å². The zero-order valence-electron chi connectivity index (χ0n) is 10.5. The highest BCUT2D eigenvalue weighted by atomic mass is 15.2. The third-order valence-corrected chi connectivity index (χ3v) is 4.08. The standard InChI is InChI=1S/C13H26N2/c1-10(2)15(13-5-4-6-13)9-12-7-11(3)8-14-12/h10-14H,4-9H2,1-3H3. The monoisotopic (exact) mass is 210 g/mol. The van der Waals surface area contributed by atoms with Gasteiger partial charge in [-0.2, -0.15) is 0 Å². The number of nitrogens with one attached hydrogen (secondary N) is 1. The molecule has 0 radical (unpaired) electrons. The average Bonchev–Trinajstić information content (AvgIpc) is 2.47. The van der Waals surface area contributed by atoms with Crippen LogP contribution in [0.3, 0.4) is 0 Å². The van der Waals surface area contributed by atoms with Crippen molar-refractivity contribution in [1.29, 1.82) is 0 Å². The third-order valence-electron chi connectivity index (χ3n) is 4.08. The minimum atomic E-state index is 0.716. The predicted octanol–water partition coefficient (Wildman–Crippen LogP) is 2.25. The molecule has 1 aliphatic heterocycles. The van der Waals surface area contributed by atoms with Crippen LogP contribution in [0.4, 0.5) is 0 Å². The first-order valence-electron chi connectivity index (χ1n) is 6.66. The van der Waals surface area contributed by atoms with Gasteiger partial charge >= 0.3 is 0 Å². The van der Waals surface area contributed by atoms with Crippen LogP contribution in [-0.4, -0.2) is 36.1 Å². The van der Waals surface area contributed by atoms with Crippen LogP contribution in [-0.2, 0) is 0 Å². The van der Waals surface area contributed by atoms with E-state index >= 15 is 0 Å². The van der Waals surface area contributed by atoms with Crippen LogP contribution in [0.15, 0.2) is 0 Å². The highest BCUT2D eigenvalue weighted by Crippen LogP contribution is 2.27. The Labute approximate surface area is 94.4 Å². The van der Waals surface area contributed by atoms with Gasteiger partial charge in [0.15, 0.2) is 0 Å². The lowest BCUT2D eigenvalue weighted by Crippen LogP contribution is -2.49. The molecule has 0 aromatic rings. The summed E-state index contributed by atoms with van der Waals surface area (Å²) in [6, 6.07) is 2.36. The van der Waals surface area contributed by atoms with Crippen molar-refractivity contribution in [3.05, 3.63) is 0 Å². The maximum absolute atomic E-state index is 3.65. The first kappa shape index (κ1) is 11.4. The minimum absolute atomic E-state index is 0.716. The van der Waals surface area contributed by atoms with E-state index in [0.29, 0.717) is 6.04 Å². The second kappa shape index (κ2) is 4.84. The molecule has 88 valence electrons. The highest BCUT2D eigenvalue weighted by molar-refractivity contribution is 4.88. The first-order chi connectivity index (χ1) is 7.16. The lowest BCUT2D eigenvalue weighted by Gasteiger charge is -2.41. The molecule has 1 saturated carbocycles. The molecule has 2 rings (SSSR count). The summed E-state index contributed by atoms with van der Waals surface area (Å²) in [6.07, 6.45) is 5.68. The third kappa shape index (κ3) is 2.73. The summed E-state index contributed by atoms with van der Waals surface area (Å²) in [7, 11) is 0. The van der Waals surface area contributed by atoms with E-state index in [4.69, 9.17) is 0 Å². The first-order valence-corrected chi connectivity index (χ1v) is 6.66. The SMILES string of the molecule is CC1CNC(CN(C(C)C)C2CCC2)C1. The lowest BCUT2D eigenvalue weighted by molar-refractivity contribution is 0.0849. The van der Waals surface area contributed by atoms with Gasteiger partial charge in [0.1, 0.15) is 0 Å². The summed E-state index contributed by atoms with van der Waals surface area (Å²) in [5, 5.41) is 3.65. The summed E-state index contributed by atoms with van der Waals surface area (Å²) in [6.45, 7) is 9.54. The number of hydrogen-bond donors (Lipinski definition) is 1. The van der Waals surface area contributed by atoms with Crippen LogP contribution in [0.5, 0.6) is 0 Å². The van der Waals surface area contributed by atoms with Crippen molar-refractivity contribution in [3.8, 4) is 0 Å². The van der Waals surface area contributed by atoms with Crippen LogP contribution in [0.2, 0.25) is 0 Å². The molecule has 0 spiro atoms. The van der Waals surface area contributed by atoms with Crippen LogP contribution in [0.25, 0.3) is 0 Å². The zero-order valence-corrected chi connectivity index (χ0v) is 10.5. The Kier molecular flexibility index (Phi) is 3.68. The minimum Gasteiger partial charge on any atom is -0.312 e. The van der Waals surface area contributed by atoms with Crippen molar-refractivity contribution in [2.24, 2.45) is 5.92 Å². The van der Waals surface area contributed by atoms with Gasteiger partial charge in [0.2, 0.25) is 0 Å². The topological polar surface area (TPSA) is 15.3 Å². The predicted molar refractivity (Wildman–Crippen MR) is 65.1 cm³/mol. The van der Waals surface area contributed by atoms with E-state index in [1.807, 2.05) is 0 Å². The fourth-order valence-corrected chi connectivity index (χ4v) is 2.91. The fourth-order valence-electron chi connectivity index (χ4n) is 2.91. The number of hydrogen-bond acceptors (Lipinski definition) is 2. The second-order valence-electron chi connectivity index (χ2n) is 5.82. The molecule has 0 bridgehead atoms. The van der Waals surface area contributed by atoms with Crippen LogP contribution < -0.4 is 5.32 Å². The normalized spacial score (nSPS) is 32.6. The van der Waals surface area contributed by atoms with Gasteiger partial charge in [-0.05, 0) is 45.6 Å². The van der Waals surface area contributed by atoms with E-state index < -0.39 is 0 Å². The highest BCUT2D eigenvalue weighted by Gasteiger charge is 2.30. The Balaban J connectivity index is 1.83. The van der Waals surface area contributed by atoms with Crippen LogP contribution in [0.1, 0.15) is 46.5 Å². The van der Waals surface area contributed by atoms with Gasteiger partial charge in [0.25, 0.3) is 0 Å². The van der Waals surface area contributed by atoms with Crippen molar-refractivity contribution in [2.75, 3.05) is 13.1 Å². The quantitative estimate of drug-likeness (QED) is 0.765. The Morgan fingerprint density at radius 1 is 1.33 bits per heavy atom. The van der Waals surface area contributed by atoms with Gasteiger partial charge in [-0.1, -0.05) is 13.3 Å². The van der Waals surface area contributed by atoms with E-state index in [9.17, 15) is 0 Å². The maximum Gasteiger partial charge on any atom is 0.0198 e. The van der Waals surface area contributed by atoms with Gasteiger partial charge in [-0.15, -0.1) is 0 Å². The molecule has 15 heavy (non-hydrogen) atoms. The van der Waals surface area contributed by atoms with Gasteiger partial charge in [0, 0.05) is 24.7 Å². The molecule has 1 heterocycles. The van der Waals surface area contributed by atoms with Gasteiger partial charge in [-0.25, -0.2) is 0 Å². The molecule has 2 atom stereocenters. The van der Waals surface area contributed by atoms with Gasteiger partial charge < -0.3 is 5.32 Å². The molecule has 2 aliphatic rings. The summed E-state index contributed by atoms with van der Waals surface area (Å²) in [5.74, 6) is 0.880. The van der Waals surface area contributed by atoms with Crippen LogP contribution in [0, 0.1) is 5.92 Å². The summed E-state index contributed by atoms with van der Waals surface area (Å²) < 4.78 is 0. The van der Waals surface area contributed by atoms with Crippen molar-refractivity contribution in [3.63, 3.8) is 0 Å².